The third kappa shape index (κ3) is 4.18. The van der Waals surface area contributed by atoms with E-state index in [-0.39, 0.29) is 12.0 Å². The first-order valence-electron chi connectivity index (χ1n) is 13.7. The zero-order chi connectivity index (χ0) is 22.4. The first kappa shape index (κ1) is 23.8. The van der Waals surface area contributed by atoms with E-state index in [1.54, 1.807) is 0 Å². The molecule has 2 heteroatoms. The molecule has 2 N–H and O–H groups in total. The molecule has 4 rings (SSSR count). The van der Waals surface area contributed by atoms with Crippen LogP contribution in [0.5, 0.6) is 0 Å². The molecule has 4 aliphatic rings. The van der Waals surface area contributed by atoms with Gasteiger partial charge in [-0.3, -0.25) is 0 Å². The van der Waals surface area contributed by atoms with Gasteiger partial charge < -0.3 is 10.2 Å². The Labute approximate surface area is 192 Å². The smallest absolute Gasteiger partial charge is 0.0707 e. The minimum Gasteiger partial charge on any atom is -0.396 e. The summed E-state index contributed by atoms with van der Waals surface area (Å²) < 4.78 is 0. The minimum atomic E-state index is -0.667. The summed E-state index contributed by atoms with van der Waals surface area (Å²) in [5, 5.41) is 20.4. The Kier molecular flexibility index (Phi) is 6.75. The lowest BCUT2D eigenvalue weighted by atomic mass is 9.46. The van der Waals surface area contributed by atoms with Crippen LogP contribution >= 0.6 is 0 Å². The van der Waals surface area contributed by atoms with Crippen molar-refractivity contribution in [3.63, 3.8) is 0 Å². The van der Waals surface area contributed by atoms with E-state index in [0.717, 1.165) is 54.8 Å². The van der Waals surface area contributed by atoms with Gasteiger partial charge in [-0.05, 0) is 104 Å². The predicted octanol–water partition coefficient (Wildman–Crippen LogP) is 7.14. The fourth-order valence-electron chi connectivity index (χ4n) is 9.16. The fraction of sp³-hybridized carbons (Fsp3) is 0.931. The Bertz CT molecular complexity index is 668. The summed E-state index contributed by atoms with van der Waals surface area (Å²) >= 11 is 0. The van der Waals surface area contributed by atoms with Gasteiger partial charge in [-0.25, -0.2) is 0 Å². The van der Waals surface area contributed by atoms with Crippen molar-refractivity contribution in [1.29, 1.82) is 0 Å². The lowest BCUT2D eigenvalue weighted by Crippen LogP contribution is -2.52. The van der Waals surface area contributed by atoms with Gasteiger partial charge in [0, 0.05) is 6.61 Å². The Balaban J connectivity index is 1.49. The molecule has 3 fully saturated rings. The van der Waals surface area contributed by atoms with Gasteiger partial charge in [-0.1, -0.05) is 65.5 Å². The van der Waals surface area contributed by atoms with Crippen LogP contribution in [0, 0.1) is 46.3 Å². The number of aliphatic hydroxyl groups excluding tert-OH is 1. The van der Waals surface area contributed by atoms with E-state index in [0.29, 0.717) is 11.8 Å². The van der Waals surface area contributed by atoms with Crippen molar-refractivity contribution < 1.29 is 10.2 Å². The molecule has 178 valence electrons. The van der Waals surface area contributed by atoms with E-state index in [9.17, 15) is 10.2 Å². The fourth-order valence-corrected chi connectivity index (χ4v) is 9.16. The van der Waals surface area contributed by atoms with E-state index >= 15 is 0 Å². The second-order valence-electron chi connectivity index (χ2n) is 13.2. The number of allylic oxidation sites excluding steroid dienone is 1. The zero-order valence-electron chi connectivity index (χ0n) is 21.1. The van der Waals surface area contributed by atoms with Gasteiger partial charge in [0.05, 0.1) is 5.60 Å². The maximum absolute atomic E-state index is 11.0. The molecule has 0 amide bonds. The van der Waals surface area contributed by atoms with Gasteiger partial charge in [-0.15, -0.1) is 0 Å². The number of fused-ring (bicyclic) bond motifs is 5. The van der Waals surface area contributed by atoms with Crippen LogP contribution in [-0.4, -0.2) is 22.4 Å². The molecule has 0 aliphatic heterocycles. The molecular formula is C29H50O2. The van der Waals surface area contributed by atoms with Crippen molar-refractivity contribution in [2.75, 3.05) is 6.61 Å². The number of hydrogen-bond acceptors (Lipinski definition) is 2. The highest BCUT2D eigenvalue weighted by Crippen LogP contribution is 2.67. The molecule has 8 atom stereocenters. The van der Waals surface area contributed by atoms with E-state index in [4.69, 9.17) is 0 Å². The molecule has 0 bridgehead atoms. The van der Waals surface area contributed by atoms with Crippen molar-refractivity contribution >= 4 is 0 Å². The molecule has 0 aromatic rings. The summed E-state index contributed by atoms with van der Waals surface area (Å²) in [5.74, 6) is 5.19. The predicted molar refractivity (Wildman–Crippen MR) is 130 cm³/mol. The van der Waals surface area contributed by atoms with Crippen molar-refractivity contribution in [2.45, 2.75) is 117 Å². The van der Waals surface area contributed by atoms with Crippen molar-refractivity contribution in [2.24, 2.45) is 46.3 Å². The molecule has 2 nitrogen and oxygen atoms in total. The van der Waals surface area contributed by atoms with Crippen LogP contribution in [0.1, 0.15) is 112 Å². The van der Waals surface area contributed by atoms with Crippen molar-refractivity contribution in [1.82, 2.24) is 0 Å². The van der Waals surface area contributed by atoms with Crippen LogP contribution in [0.25, 0.3) is 0 Å². The van der Waals surface area contributed by atoms with Crippen LogP contribution in [0.4, 0.5) is 0 Å². The normalized spacial score (nSPS) is 45.6. The summed E-state index contributed by atoms with van der Waals surface area (Å²) in [6.45, 7) is 12.6. The average molecular weight is 431 g/mol. The first-order valence-corrected chi connectivity index (χ1v) is 13.7. The van der Waals surface area contributed by atoms with E-state index in [1.165, 1.54) is 56.9 Å². The maximum Gasteiger partial charge on any atom is 0.0707 e. The molecule has 0 saturated heterocycles. The van der Waals surface area contributed by atoms with Crippen molar-refractivity contribution in [3.05, 3.63) is 11.6 Å². The minimum absolute atomic E-state index is 0.101. The number of rotatable bonds is 7. The van der Waals surface area contributed by atoms with Crippen LogP contribution in [0.15, 0.2) is 11.6 Å². The molecule has 0 aromatic heterocycles. The molecule has 4 aliphatic carbocycles. The van der Waals surface area contributed by atoms with Crippen LogP contribution in [0.3, 0.4) is 0 Å². The van der Waals surface area contributed by atoms with Gasteiger partial charge in [0.25, 0.3) is 0 Å². The third-order valence-corrected chi connectivity index (χ3v) is 11.0. The Hall–Kier alpha value is -0.340. The van der Waals surface area contributed by atoms with E-state index in [1.807, 2.05) is 0 Å². The standard InChI is InChI=1S/C29H50O2/c1-20(2)7-6-8-21(3)24-11-12-25-23-10-9-22-19-29(31,17-18-30)16-15-27(22,4)26(23)13-14-28(24,25)5/h9,20-21,23-26,30-31H,6-8,10-19H2,1-5H3/t21-,23+,24-,25+,26+,27+,28-,29?/m1/s1. The van der Waals surface area contributed by atoms with Crippen LogP contribution < -0.4 is 0 Å². The zero-order valence-corrected chi connectivity index (χ0v) is 21.1. The monoisotopic (exact) mass is 430 g/mol. The molecule has 0 radical (unpaired) electrons. The average Bonchev–Trinajstić information content (AvgIpc) is 3.06. The lowest BCUT2D eigenvalue weighted by molar-refractivity contribution is -0.0793. The van der Waals surface area contributed by atoms with Gasteiger partial charge in [0.15, 0.2) is 0 Å². The summed E-state index contributed by atoms with van der Waals surface area (Å²) in [6.07, 6.45) is 17.0. The lowest BCUT2D eigenvalue weighted by Gasteiger charge is -2.59. The van der Waals surface area contributed by atoms with Gasteiger partial charge in [-0.2, -0.15) is 0 Å². The van der Waals surface area contributed by atoms with Crippen LogP contribution in [0.2, 0.25) is 0 Å². The largest absolute Gasteiger partial charge is 0.396 e. The molecule has 0 heterocycles. The molecule has 0 spiro atoms. The van der Waals surface area contributed by atoms with E-state index < -0.39 is 5.60 Å². The maximum atomic E-state index is 11.0. The van der Waals surface area contributed by atoms with Crippen molar-refractivity contribution in [3.8, 4) is 0 Å². The summed E-state index contributed by atoms with van der Waals surface area (Å²) in [4.78, 5) is 0. The quantitative estimate of drug-likeness (QED) is 0.421. The first-order chi connectivity index (χ1) is 14.6. The second kappa shape index (κ2) is 8.79. The highest BCUT2D eigenvalue weighted by Gasteiger charge is 2.59. The number of hydrogen-bond donors (Lipinski definition) is 2. The Morgan fingerprint density at radius 2 is 1.77 bits per heavy atom. The summed E-state index contributed by atoms with van der Waals surface area (Å²) in [5.41, 5.74) is 1.69. The van der Waals surface area contributed by atoms with Gasteiger partial charge in [0.2, 0.25) is 0 Å². The van der Waals surface area contributed by atoms with Gasteiger partial charge >= 0.3 is 0 Å². The molecule has 0 aromatic carbocycles. The molecule has 1 unspecified atom stereocenters. The third-order valence-electron chi connectivity index (χ3n) is 11.0. The summed E-state index contributed by atoms with van der Waals surface area (Å²) in [7, 11) is 0. The number of aliphatic hydroxyl groups is 2. The molecular weight excluding hydrogens is 380 g/mol. The Morgan fingerprint density at radius 3 is 2.48 bits per heavy atom. The SMILES string of the molecule is CC(C)CCC[C@@H](C)[C@H]1CC[C@H]2[C@@H]3CC=C4CC(O)(CCO)CC[C@]4(C)[C@H]3CC[C@]12C. The summed E-state index contributed by atoms with van der Waals surface area (Å²) in [6, 6.07) is 0. The molecule has 3 saturated carbocycles. The molecule has 31 heavy (non-hydrogen) atoms. The Morgan fingerprint density at radius 1 is 1.00 bits per heavy atom. The topological polar surface area (TPSA) is 40.5 Å². The second-order valence-corrected chi connectivity index (χ2v) is 13.2. The van der Waals surface area contributed by atoms with Crippen LogP contribution in [-0.2, 0) is 0 Å². The highest BCUT2D eigenvalue weighted by atomic mass is 16.3. The highest BCUT2D eigenvalue weighted by molar-refractivity contribution is 5.27. The van der Waals surface area contributed by atoms with E-state index in [2.05, 4.69) is 40.7 Å². The van der Waals surface area contributed by atoms with Gasteiger partial charge in [0.1, 0.15) is 0 Å².